The monoisotopic (exact) mass is 314 g/mol. The molecule has 0 aliphatic heterocycles. The van der Waals surface area contributed by atoms with Crippen LogP contribution in [0.3, 0.4) is 0 Å². The molecule has 0 aliphatic carbocycles. The van der Waals surface area contributed by atoms with E-state index in [-0.39, 0.29) is 6.03 Å². The highest BCUT2D eigenvalue weighted by atomic mass is 16.2. The van der Waals surface area contributed by atoms with E-state index in [0.717, 1.165) is 32.5 Å². The average Bonchev–Trinajstić information content (AvgIpc) is 2.41. The molecule has 5 nitrogen and oxygen atoms in total. The smallest absolute Gasteiger partial charge is 0.314 e. The zero-order valence-electron chi connectivity index (χ0n) is 15.8. The lowest BCUT2D eigenvalue weighted by atomic mass is 10.2. The SMILES string of the molecule is CC(C)N(C)CCCCNC(=O)NCCN(C(C)C)C(C)C. The first-order valence-electron chi connectivity index (χ1n) is 8.73. The highest BCUT2D eigenvalue weighted by molar-refractivity contribution is 5.73. The van der Waals surface area contributed by atoms with Gasteiger partial charge in [0.25, 0.3) is 0 Å². The van der Waals surface area contributed by atoms with Gasteiger partial charge in [0.1, 0.15) is 0 Å². The number of urea groups is 1. The van der Waals surface area contributed by atoms with Gasteiger partial charge in [-0.2, -0.15) is 0 Å². The Balaban J connectivity index is 3.66. The zero-order valence-corrected chi connectivity index (χ0v) is 15.8. The van der Waals surface area contributed by atoms with E-state index in [0.29, 0.717) is 24.7 Å². The van der Waals surface area contributed by atoms with Crippen LogP contribution in [0, 0.1) is 0 Å². The summed E-state index contributed by atoms with van der Waals surface area (Å²) in [7, 11) is 2.14. The predicted octanol–water partition coefficient (Wildman–Crippen LogP) is 2.52. The lowest BCUT2D eigenvalue weighted by Gasteiger charge is -2.30. The number of rotatable bonds is 11. The maximum absolute atomic E-state index is 11.7. The summed E-state index contributed by atoms with van der Waals surface area (Å²) >= 11 is 0. The molecule has 0 aliphatic rings. The van der Waals surface area contributed by atoms with Crippen molar-refractivity contribution in [2.45, 2.75) is 72.5 Å². The van der Waals surface area contributed by atoms with Crippen LogP contribution in [0.2, 0.25) is 0 Å². The first kappa shape index (κ1) is 21.2. The van der Waals surface area contributed by atoms with Gasteiger partial charge in [-0.05, 0) is 68.0 Å². The summed E-state index contributed by atoms with van der Waals surface area (Å²) < 4.78 is 0. The molecule has 22 heavy (non-hydrogen) atoms. The van der Waals surface area contributed by atoms with Gasteiger partial charge in [0.15, 0.2) is 0 Å². The molecule has 132 valence electrons. The second-order valence-electron chi connectivity index (χ2n) is 6.89. The quantitative estimate of drug-likeness (QED) is 0.576. The number of hydrogen-bond donors (Lipinski definition) is 2. The second-order valence-corrected chi connectivity index (χ2v) is 6.89. The number of unbranched alkanes of at least 4 members (excludes halogenated alkanes) is 1. The molecule has 0 radical (unpaired) electrons. The van der Waals surface area contributed by atoms with Gasteiger partial charge in [0.05, 0.1) is 0 Å². The van der Waals surface area contributed by atoms with E-state index in [1.54, 1.807) is 0 Å². The van der Waals surface area contributed by atoms with Crippen LogP contribution in [-0.2, 0) is 0 Å². The summed E-state index contributed by atoms with van der Waals surface area (Å²) in [5, 5.41) is 5.87. The largest absolute Gasteiger partial charge is 0.338 e. The fourth-order valence-electron chi connectivity index (χ4n) is 2.42. The molecular formula is C17H38N4O. The van der Waals surface area contributed by atoms with E-state index >= 15 is 0 Å². The van der Waals surface area contributed by atoms with Crippen LogP contribution in [0.15, 0.2) is 0 Å². The average molecular weight is 315 g/mol. The Kier molecular flexibility index (Phi) is 11.3. The number of carbonyl (C=O) groups excluding carboxylic acids is 1. The molecule has 0 saturated heterocycles. The molecule has 2 amide bonds. The second kappa shape index (κ2) is 11.7. The maximum Gasteiger partial charge on any atom is 0.314 e. The minimum atomic E-state index is -0.0512. The maximum atomic E-state index is 11.7. The molecule has 0 aromatic heterocycles. The molecule has 5 heteroatoms. The molecule has 0 spiro atoms. The van der Waals surface area contributed by atoms with Gasteiger partial charge in [-0.3, -0.25) is 4.90 Å². The number of hydrogen-bond acceptors (Lipinski definition) is 3. The summed E-state index contributed by atoms with van der Waals surface area (Å²) in [5.74, 6) is 0. The number of amides is 2. The van der Waals surface area contributed by atoms with Crippen molar-refractivity contribution < 1.29 is 4.79 Å². The standard InChI is InChI=1S/C17H38N4O/c1-14(2)20(7)12-9-8-10-18-17(22)19-11-13-21(15(3)4)16(5)6/h14-16H,8-13H2,1-7H3,(H2,18,19,22). The van der Waals surface area contributed by atoms with Gasteiger partial charge in [0, 0.05) is 37.8 Å². The number of carbonyl (C=O) groups is 1. The van der Waals surface area contributed by atoms with Gasteiger partial charge in [0.2, 0.25) is 0 Å². The number of nitrogens with zero attached hydrogens (tertiary/aromatic N) is 2. The lowest BCUT2D eigenvalue weighted by molar-refractivity contribution is 0.175. The van der Waals surface area contributed by atoms with Crippen LogP contribution in [0.25, 0.3) is 0 Å². The van der Waals surface area contributed by atoms with E-state index < -0.39 is 0 Å². The van der Waals surface area contributed by atoms with Gasteiger partial charge < -0.3 is 15.5 Å². The van der Waals surface area contributed by atoms with Crippen LogP contribution in [0.4, 0.5) is 4.79 Å². The van der Waals surface area contributed by atoms with Crippen molar-refractivity contribution in [3.8, 4) is 0 Å². The molecule has 0 unspecified atom stereocenters. The minimum Gasteiger partial charge on any atom is -0.338 e. The first-order chi connectivity index (χ1) is 10.3. The highest BCUT2D eigenvalue weighted by Gasteiger charge is 2.12. The Morgan fingerprint density at radius 3 is 1.86 bits per heavy atom. The van der Waals surface area contributed by atoms with Crippen molar-refractivity contribution in [3.63, 3.8) is 0 Å². The van der Waals surface area contributed by atoms with Gasteiger partial charge in [-0.1, -0.05) is 0 Å². The zero-order chi connectivity index (χ0) is 17.1. The summed E-state index contributed by atoms with van der Waals surface area (Å²) in [6, 6.07) is 1.54. The topological polar surface area (TPSA) is 47.6 Å². The van der Waals surface area contributed by atoms with Crippen LogP contribution in [0.5, 0.6) is 0 Å². The minimum absolute atomic E-state index is 0.0512. The van der Waals surface area contributed by atoms with E-state index in [4.69, 9.17) is 0 Å². The molecule has 0 aromatic rings. The summed E-state index contributed by atoms with van der Waals surface area (Å²) in [6.45, 7) is 16.6. The van der Waals surface area contributed by atoms with E-state index in [9.17, 15) is 4.79 Å². The Bertz CT molecular complexity index is 284. The Hall–Kier alpha value is -0.810. The Morgan fingerprint density at radius 1 is 0.818 bits per heavy atom. The molecule has 0 saturated carbocycles. The Morgan fingerprint density at radius 2 is 1.36 bits per heavy atom. The van der Waals surface area contributed by atoms with Crippen molar-refractivity contribution in [2.24, 2.45) is 0 Å². The lowest BCUT2D eigenvalue weighted by Crippen LogP contribution is -2.44. The third kappa shape index (κ3) is 10.0. The molecule has 0 rings (SSSR count). The van der Waals surface area contributed by atoms with Crippen molar-refractivity contribution in [2.75, 3.05) is 33.2 Å². The normalized spacial score (nSPS) is 12.0. The van der Waals surface area contributed by atoms with Crippen LogP contribution in [-0.4, -0.2) is 67.2 Å². The highest BCUT2D eigenvalue weighted by Crippen LogP contribution is 2.03. The summed E-state index contributed by atoms with van der Waals surface area (Å²) in [4.78, 5) is 16.4. The number of nitrogens with one attached hydrogen (secondary N) is 2. The molecule has 0 aromatic carbocycles. The van der Waals surface area contributed by atoms with Crippen LogP contribution < -0.4 is 10.6 Å². The summed E-state index contributed by atoms with van der Waals surface area (Å²) in [5.41, 5.74) is 0. The Labute approximate surface area is 137 Å². The van der Waals surface area contributed by atoms with Gasteiger partial charge in [-0.25, -0.2) is 4.79 Å². The van der Waals surface area contributed by atoms with E-state index in [2.05, 4.69) is 69.0 Å². The predicted molar refractivity (Wildman–Crippen MR) is 95.4 cm³/mol. The van der Waals surface area contributed by atoms with Crippen LogP contribution >= 0.6 is 0 Å². The van der Waals surface area contributed by atoms with Crippen molar-refractivity contribution >= 4 is 6.03 Å². The van der Waals surface area contributed by atoms with Gasteiger partial charge >= 0.3 is 6.03 Å². The van der Waals surface area contributed by atoms with Crippen molar-refractivity contribution in [1.82, 2.24) is 20.4 Å². The molecule has 2 N–H and O–H groups in total. The molecule has 0 bridgehead atoms. The first-order valence-corrected chi connectivity index (χ1v) is 8.73. The van der Waals surface area contributed by atoms with E-state index in [1.807, 2.05) is 0 Å². The molecular weight excluding hydrogens is 276 g/mol. The summed E-state index contributed by atoms with van der Waals surface area (Å²) in [6.07, 6.45) is 2.14. The van der Waals surface area contributed by atoms with Crippen LogP contribution in [0.1, 0.15) is 54.4 Å². The fourth-order valence-corrected chi connectivity index (χ4v) is 2.42. The third-order valence-corrected chi connectivity index (χ3v) is 4.09. The third-order valence-electron chi connectivity index (χ3n) is 4.09. The van der Waals surface area contributed by atoms with Crippen molar-refractivity contribution in [3.05, 3.63) is 0 Å². The molecule has 0 fully saturated rings. The fraction of sp³-hybridized carbons (Fsp3) is 0.941. The molecule has 0 atom stereocenters. The molecule has 0 heterocycles. The van der Waals surface area contributed by atoms with E-state index in [1.165, 1.54) is 0 Å². The van der Waals surface area contributed by atoms with Crippen molar-refractivity contribution in [1.29, 1.82) is 0 Å². The van der Waals surface area contributed by atoms with Gasteiger partial charge in [-0.15, -0.1) is 0 Å².